The molecule has 1 aromatic heterocycles. The Morgan fingerprint density at radius 1 is 1.04 bits per heavy atom. The first-order valence-corrected chi connectivity index (χ1v) is 10.8. The van der Waals surface area contributed by atoms with Gasteiger partial charge in [0, 0.05) is 51.0 Å². The van der Waals surface area contributed by atoms with Crippen LogP contribution < -0.4 is 10.2 Å². The average Bonchev–Trinajstić information content (AvgIpc) is 2.72. The molecule has 1 atom stereocenters. The molecule has 1 N–H and O–H groups in total. The molecule has 1 aliphatic heterocycles. The van der Waals surface area contributed by atoms with Gasteiger partial charge in [-0.3, -0.25) is 9.69 Å². The summed E-state index contributed by atoms with van der Waals surface area (Å²) in [6.45, 7) is 10.3. The van der Waals surface area contributed by atoms with Gasteiger partial charge in [-0.05, 0) is 38.3 Å². The van der Waals surface area contributed by atoms with Gasteiger partial charge in [0.2, 0.25) is 11.9 Å². The van der Waals surface area contributed by atoms with Crippen molar-refractivity contribution in [1.82, 2.24) is 20.2 Å². The number of amides is 1. The second-order valence-corrected chi connectivity index (χ2v) is 7.50. The number of rotatable bonds is 12. The number of piperazine rings is 1. The summed E-state index contributed by atoms with van der Waals surface area (Å²) in [4.78, 5) is 25.8. The lowest BCUT2D eigenvalue weighted by atomic mass is 9.96. The van der Waals surface area contributed by atoms with Crippen molar-refractivity contribution in [3.8, 4) is 0 Å². The largest absolute Gasteiger partial charge is 0.356 e. The number of nitrogens with one attached hydrogen (secondary N) is 1. The second kappa shape index (κ2) is 12.7. The van der Waals surface area contributed by atoms with Crippen LogP contribution in [0.2, 0.25) is 0 Å². The molecule has 2 rings (SSSR count). The Labute approximate surface area is 164 Å². The number of hydrogen-bond acceptors (Lipinski definition) is 5. The molecular weight excluding hydrogens is 338 g/mol. The molecule has 0 spiro atoms. The fraction of sp³-hybridized carbons (Fsp3) is 0.762. The van der Waals surface area contributed by atoms with E-state index in [2.05, 4.69) is 38.9 Å². The maximum atomic E-state index is 12.3. The molecule has 1 aromatic rings. The van der Waals surface area contributed by atoms with Gasteiger partial charge in [-0.25, -0.2) is 9.97 Å². The van der Waals surface area contributed by atoms with Gasteiger partial charge in [0.15, 0.2) is 0 Å². The van der Waals surface area contributed by atoms with Crippen LogP contribution in [0.3, 0.4) is 0 Å². The summed E-state index contributed by atoms with van der Waals surface area (Å²) in [6.07, 6.45) is 11.2. The van der Waals surface area contributed by atoms with Crippen LogP contribution >= 0.6 is 0 Å². The van der Waals surface area contributed by atoms with Crippen LogP contribution in [0.1, 0.15) is 58.8 Å². The highest BCUT2D eigenvalue weighted by molar-refractivity contribution is 5.78. The van der Waals surface area contributed by atoms with Crippen LogP contribution in [-0.4, -0.2) is 60.0 Å². The first kappa shape index (κ1) is 21.6. The lowest BCUT2D eigenvalue weighted by Crippen LogP contribution is -2.47. The Kier molecular flexibility index (Phi) is 10.1. The Bertz CT molecular complexity index is 517. The van der Waals surface area contributed by atoms with E-state index in [0.29, 0.717) is 0 Å². The summed E-state index contributed by atoms with van der Waals surface area (Å²) in [5.41, 5.74) is 0. The fourth-order valence-electron chi connectivity index (χ4n) is 3.65. The van der Waals surface area contributed by atoms with E-state index >= 15 is 0 Å². The predicted molar refractivity (Wildman–Crippen MR) is 111 cm³/mol. The number of anilines is 1. The molecule has 6 heteroatoms. The topological polar surface area (TPSA) is 61.4 Å². The van der Waals surface area contributed by atoms with Crippen molar-refractivity contribution >= 4 is 11.9 Å². The van der Waals surface area contributed by atoms with E-state index in [1.807, 2.05) is 6.07 Å². The third kappa shape index (κ3) is 7.83. The third-order valence-corrected chi connectivity index (χ3v) is 5.32. The molecular formula is C21H37N5O. The fourth-order valence-corrected chi connectivity index (χ4v) is 3.65. The zero-order valence-electron chi connectivity index (χ0n) is 17.2. The van der Waals surface area contributed by atoms with Gasteiger partial charge in [0.25, 0.3) is 0 Å². The van der Waals surface area contributed by atoms with Crippen molar-refractivity contribution in [2.45, 2.75) is 58.8 Å². The standard InChI is InChI=1S/C21H37N5O/c1-3-5-10-19(9-4-2)20(27)22-11-6-7-14-25-15-17-26(18-16-25)21-23-12-8-13-24-21/h8,12-13,19H,3-7,9-11,14-18H2,1-2H3,(H,22,27). The molecule has 2 heterocycles. The Morgan fingerprint density at radius 2 is 1.78 bits per heavy atom. The summed E-state index contributed by atoms with van der Waals surface area (Å²) < 4.78 is 0. The molecule has 152 valence electrons. The molecule has 1 fully saturated rings. The van der Waals surface area contributed by atoms with Crippen LogP contribution in [-0.2, 0) is 4.79 Å². The van der Waals surface area contributed by atoms with Gasteiger partial charge in [0.1, 0.15) is 0 Å². The molecule has 1 amide bonds. The number of unbranched alkanes of at least 4 members (excludes halogenated alkanes) is 2. The third-order valence-electron chi connectivity index (χ3n) is 5.32. The minimum absolute atomic E-state index is 0.211. The Hall–Kier alpha value is -1.69. The van der Waals surface area contributed by atoms with Crippen LogP contribution in [0.25, 0.3) is 0 Å². The van der Waals surface area contributed by atoms with Crippen molar-refractivity contribution in [3.05, 3.63) is 18.5 Å². The monoisotopic (exact) mass is 375 g/mol. The van der Waals surface area contributed by atoms with Crippen molar-refractivity contribution in [1.29, 1.82) is 0 Å². The molecule has 1 saturated heterocycles. The number of carbonyl (C=O) groups excluding carboxylic acids is 1. The summed E-state index contributed by atoms with van der Waals surface area (Å²) in [7, 11) is 0. The number of carbonyl (C=O) groups is 1. The van der Waals surface area contributed by atoms with Crippen LogP contribution in [0.5, 0.6) is 0 Å². The maximum Gasteiger partial charge on any atom is 0.225 e. The van der Waals surface area contributed by atoms with Crippen LogP contribution in [0, 0.1) is 5.92 Å². The average molecular weight is 376 g/mol. The zero-order valence-corrected chi connectivity index (χ0v) is 17.2. The second-order valence-electron chi connectivity index (χ2n) is 7.50. The van der Waals surface area contributed by atoms with Crippen molar-refractivity contribution in [2.75, 3.05) is 44.2 Å². The van der Waals surface area contributed by atoms with E-state index < -0.39 is 0 Å². The maximum absolute atomic E-state index is 12.3. The van der Waals surface area contributed by atoms with Crippen molar-refractivity contribution in [2.24, 2.45) is 5.92 Å². The van der Waals surface area contributed by atoms with Gasteiger partial charge >= 0.3 is 0 Å². The van der Waals surface area contributed by atoms with Crippen LogP contribution in [0.15, 0.2) is 18.5 Å². The van der Waals surface area contributed by atoms with Crippen molar-refractivity contribution < 1.29 is 4.79 Å². The Morgan fingerprint density at radius 3 is 2.44 bits per heavy atom. The molecule has 0 aromatic carbocycles. The van der Waals surface area contributed by atoms with Crippen LogP contribution in [0.4, 0.5) is 5.95 Å². The number of hydrogen-bond donors (Lipinski definition) is 1. The molecule has 6 nitrogen and oxygen atoms in total. The van der Waals surface area contributed by atoms with Gasteiger partial charge in [-0.2, -0.15) is 0 Å². The Balaban J connectivity index is 1.56. The van der Waals surface area contributed by atoms with E-state index in [0.717, 1.165) is 90.2 Å². The molecule has 0 radical (unpaired) electrons. The summed E-state index contributed by atoms with van der Waals surface area (Å²) >= 11 is 0. The smallest absolute Gasteiger partial charge is 0.225 e. The van der Waals surface area contributed by atoms with E-state index in [9.17, 15) is 4.79 Å². The van der Waals surface area contributed by atoms with E-state index in [1.54, 1.807) is 12.4 Å². The van der Waals surface area contributed by atoms with E-state index in [-0.39, 0.29) is 11.8 Å². The van der Waals surface area contributed by atoms with Gasteiger partial charge in [0.05, 0.1) is 0 Å². The van der Waals surface area contributed by atoms with E-state index in [4.69, 9.17) is 0 Å². The molecule has 0 saturated carbocycles. The lowest BCUT2D eigenvalue weighted by Gasteiger charge is -2.34. The zero-order chi connectivity index (χ0) is 19.3. The molecule has 1 aliphatic rings. The molecule has 1 unspecified atom stereocenters. The molecule has 27 heavy (non-hydrogen) atoms. The highest BCUT2D eigenvalue weighted by atomic mass is 16.1. The lowest BCUT2D eigenvalue weighted by molar-refractivity contribution is -0.125. The highest BCUT2D eigenvalue weighted by Gasteiger charge is 2.19. The van der Waals surface area contributed by atoms with E-state index in [1.165, 1.54) is 0 Å². The first-order chi connectivity index (χ1) is 13.2. The summed E-state index contributed by atoms with van der Waals surface area (Å²) in [5.74, 6) is 1.31. The molecule has 0 bridgehead atoms. The summed E-state index contributed by atoms with van der Waals surface area (Å²) in [5, 5.41) is 3.16. The quantitative estimate of drug-likeness (QED) is 0.569. The van der Waals surface area contributed by atoms with Gasteiger partial charge < -0.3 is 10.2 Å². The number of nitrogens with zero attached hydrogens (tertiary/aromatic N) is 4. The minimum atomic E-state index is 0.211. The van der Waals surface area contributed by atoms with Crippen molar-refractivity contribution in [3.63, 3.8) is 0 Å². The normalized spacial score (nSPS) is 16.3. The predicted octanol–water partition coefficient (Wildman–Crippen LogP) is 3.10. The number of aromatic nitrogens is 2. The van der Waals surface area contributed by atoms with Gasteiger partial charge in [-0.1, -0.05) is 33.1 Å². The minimum Gasteiger partial charge on any atom is -0.356 e. The molecule has 0 aliphatic carbocycles. The highest BCUT2D eigenvalue weighted by Crippen LogP contribution is 2.15. The SMILES string of the molecule is CCCCC(CCC)C(=O)NCCCCN1CCN(c2ncccn2)CC1. The summed E-state index contributed by atoms with van der Waals surface area (Å²) in [6, 6.07) is 1.85. The van der Waals surface area contributed by atoms with Gasteiger partial charge in [-0.15, -0.1) is 0 Å². The first-order valence-electron chi connectivity index (χ1n) is 10.8.